The normalized spacial score (nSPS) is 10.7. The second-order valence-electron chi connectivity index (χ2n) is 4.03. The van der Waals surface area contributed by atoms with E-state index in [-0.39, 0.29) is 5.91 Å². The summed E-state index contributed by atoms with van der Waals surface area (Å²) >= 11 is 6.24. The number of fused-ring (bicyclic) bond motifs is 1. The number of methoxy groups -OCH3 is 1. The van der Waals surface area contributed by atoms with Crippen LogP contribution in [-0.4, -0.2) is 18.0 Å². The Balaban J connectivity index is 1.84. The van der Waals surface area contributed by atoms with Crippen LogP contribution in [0.25, 0.3) is 11.1 Å². The Morgan fingerprint density at radius 1 is 1.45 bits per heavy atom. The first kappa shape index (κ1) is 12.9. The molecule has 3 aromatic rings. The number of nitrogens with one attached hydrogen (secondary N) is 2. The summed E-state index contributed by atoms with van der Waals surface area (Å²) in [6.07, 6.45) is 0. The summed E-state index contributed by atoms with van der Waals surface area (Å²) in [6, 6.07) is 7.01. The largest absolute Gasteiger partial charge is 0.496 e. The molecule has 0 saturated heterocycles. The van der Waals surface area contributed by atoms with Gasteiger partial charge in [0.25, 0.3) is 10.7 Å². The highest BCUT2D eigenvalue weighted by Gasteiger charge is 2.10. The van der Waals surface area contributed by atoms with Crippen LogP contribution < -0.4 is 10.1 Å². The molecule has 0 saturated carbocycles. The smallest absolute Gasteiger partial charge is 0.266 e. The summed E-state index contributed by atoms with van der Waals surface area (Å²) < 4.78 is 10.4. The van der Waals surface area contributed by atoms with E-state index in [0.29, 0.717) is 26.7 Å². The lowest BCUT2D eigenvalue weighted by Gasteiger charge is -2.02. The van der Waals surface area contributed by atoms with Gasteiger partial charge in [-0.25, -0.2) is 0 Å². The van der Waals surface area contributed by atoms with Crippen molar-refractivity contribution in [3.63, 3.8) is 0 Å². The number of aromatic amines is 1. The van der Waals surface area contributed by atoms with Crippen LogP contribution in [0.3, 0.4) is 0 Å². The van der Waals surface area contributed by atoms with Crippen LogP contribution >= 0.6 is 23.6 Å². The van der Waals surface area contributed by atoms with Crippen LogP contribution in [0.15, 0.2) is 34.1 Å². The topological polar surface area (TPSA) is 67.3 Å². The molecule has 0 bridgehead atoms. The third-order valence-electron chi connectivity index (χ3n) is 2.71. The lowest BCUT2D eigenvalue weighted by molar-refractivity contribution is 0.103. The molecule has 20 heavy (non-hydrogen) atoms. The summed E-state index contributed by atoms with van der Waals surface area (Å²) in [5.74, 6) is 0.485. The number of carbonyl (C=O) groups excluding carboxylic acids is 1. The van der Waals surface area contributed by atoms with Crippen LogP contribution in [0.4, 0.5) is 5.69 Å². The van der Waals surface area contributed by atoms with Crippen molar-refractivity contribution in [1.29, 1.82) is 0 Å². The summed E-state index contributed by atoms with van der Waals surface area (Å²) in [5.41, 5.74) is 2.05. The Hall–Kier alpha value is -2.12. The Morgan fingerprint density at radius 3 is 3.05 bits per heavy atom. The van der Waals surface area contributed by atoms with Gasteiger partial charge in [0.2, 0.25) is 0 Å². The lowest BCUT2D eigenvalue weighted by Crippen LogP contribution is -2.09. The average molecular weight is 306 g/mol. The molecule has 0 fully saturated rings. The van der Waals surface area contributed by atoms with Gasteiger partial charge < -0.3 is 19.5 Å². The Kier molecular flexibility index (Phi) is 3.29. The van der Waals surface area contributed by atoms with E-state index >= 15 is 0 Å². The van der Waals surface area contributed by atoms with Crippen molar-refractivity contribution < 1.29 is 13.9 Å². The number of H-pyrrole nitrogens is 1. The molecule has 2 N–H and O–H groups in total. The van der Waals surface area contributed by atoms with Gasteiger partial charge in [0.05, 0.1) is 17.5 Å². The number of aromatic nitrogens is 1. The number of oxazole rings is 1. The van der Waals surface area contributed by atoms with Crippen LogP contribution in [0, 0.1) is 4.84 Å². The number of hydrogen-bond donors (Lipinski definition) is 2. The summed E-state index contributed by atoms with van der Waals surface area (Å²) in [4.78, 5) is 15.9. The summed E-state index contributed by atoms with van der Waals surface area (Å²) in [7, 11) is 1.57. The average Bonchev–Trinajstić information content (AvgIpc) is 3.03. The molecular formula is C13H10N2O3S2. The van der Waals surface area contributed by atoms with E-state index < -0.39 is 0 Å². The van der Waals surface area contributed by atoms with Gasteiger partial charge in [-0.1, -0.05) is 0 Å². The number of carbonyl (C=O) groups is 1. The molecule has 0 aliphatic carbocycles. The lowest BCUT2D eigenvalue weighted by atomic mass is 10.3. The van der Waals surface area contributed by atoms with Gasteiger partial charge in [-0.3, -0.25) is 4.79 Å². The molecule has 1 aromatic carbocycles. The zero-order chi connectivity index (χ0) is 14.1. The monoisotopic (exact) mass is 306 g/mol. The molecule has 5 nitrogen and oxygen atoms in total. The van der Waals surface area contributed by atoms with E-state index in [1.54, 1.807) is 36.8 Å². The van der Waals surface area contributed by atoms with Crippen molar-refractivity contribution in [3.05, 3.63) is 39.4 Å². The second kappa shape index (κ2) is 5.10. The van der Waals surface area contributed by atoms with Gasteiger partial charge in [0, 0.05) is 23.2 Å². The molecule has 7 heteroatoms. The van der Waals surface area contributed by atoms with Crippen molar-refractivity contribution in [1.82, 2.24) is 4.98 Å². The van der Waals surface area contributed by atoms with Crippen LogP contribution in [-0.2, 0) is 0 Å². The highest BCUT2D eigenvalue weighted by atomic mass is 32.1. The van der Waals surface area contributed by atoms with Gasteiger partial charge in [0.1, 0.15) is 5.75 Å². The van der Waals surface area contributed by atoms with E-state index in [1.165, 1.54) is 11.3 Å². The van der Waals surface area contributed by atoms with Crippen molar-refractivity contribution in [2.45, 2.75) is 0 Å². The first-order valence-electron chi connectivity index (χ1n) is 5.72. The van der Waals surface area contributed by atoms with Crippen molar-refractivity contribution in [2.24, 2.45) is 0 Å². The van der Waals surface area contributed by atoms with Crippen molar-refractivity contribution in [2.75, 3.05) is 12.4 Å². The standard InChI is InChI=1S/C13H10N2O3S2/c1-17-8-5-11(20-6-8)12(16)14-7-2-3-9-10(4-7)18-13(19)15-9/h2-6H,1H3,(H,14,16)(H,15,19). The quantitative estimate of drug-likeness (QED) is 0.722. The number of anilines is 1. The maximum Gasteiger partial charge on any atom is 0.266 e. The van der Waals surface area contributed by atoms with E-state index in [9.17, 15) is 4.79 Å². The van der Waals surface area contributed by atoms with Crippen molar-refractivity contribution in [3.8, 4) is 5.75 Å². The Morgan fingerprint density at radius 2 is 2.30 bits per heavy atom. The highest BCUT2D eigenvalue weighted by Crippen LogP contribution is 2.23. The zero-order valence-electron chi connectivity index (χ0n) is 10.4. The maximum atomic E-state index is 12.1. The molecule has 1 amide bonds. The van der Waals surface area contributed by atoms with Crippen molar-refractivity contribution >= 4 is 46.2 Å². The molecular weight excluding hydrogens is 296 g/mol. The third kappa shape index (κ3) is 2.45. The highest BCUT2D eigenvalue weighted by molar-refractivity contribution is 7.71. The number of benzene rings is 1. The first-order valence-corrected chi connectivity index (χ1v) is 7.01. The molecule has 102 valence electrons. The minimum absolute atomic E-state index is 0.188. The Labute approximate surface area is 123 Å². The fourth-order valence-corrected chi connectivity index (χ4v) is 2.71. The van der Waals surface area contributed by atoms with E-state index in [4.69, 9.17) is 21.4 Å². The van der Waals surface area contributed by atoms with E-state index in [0.717, 1.165) is 5.52 Å². The molecule has 0 aliphatic heterocycles. The number of amides is 1. The summed E-state index contributed by atoms with van der Waals surface area (Å²) in [6.45, 7) is 0. The molecule has 3 rings (SSSR count). The fourth-order valence-electron chi connectivity index (χ4n) is 1.76. The predicted octanol–water partition coefficient (Wildman–Crippen LogP) is 3.81. The third-order valence-corrected chi connectivity index (χ3v) is 3.81. The minimum Gasteiger partial charge on any atom is -0.496 e. The molecule has 0 spiro atoms. The number of hydrogen-bond acceptors (Lipinski definition) is 5. The maximum absolute atomic E-state index is 12.1. The summed E-state index contributed by atoms with van der Waals surface area (Å²) in [5, 5.41) is 4.59. The SMILES string of the molecule is COc1csc(C(=O)Nc2ccc3[nH]c(=S)oc3c2)c1. The van der Waals surface area contributed by atoms with Gasteiger partial charge in [-0.2, -0.15) is 0 Å². The number of rotatable bonds is 3. The van der Waals surface area contributed by atoms with Crippen LogP contribution in [0.1, 0.15) is 9.67 Å². The van der Waals surface area contributed by atoms with Gasteiger partial charge in [0.15, 0.2) is 5.58 Å². The zero-order valence-corrected chi connectivity index (χ0v) is 12.1. The molecule has 2 aromatic heterocycles. The van der Waals surface area contributed by atoms with Gasteiger partial charge in [-0.05, 0) is 24.4 Å². The van der Waals surface area contributed by atoms with Crippen LogP contribution in [0.2, 0.25) is 0 Å². The second-order valence-corrected chi connectivity index (χ2v) is 5.31. The Bertz CT molecular complexity index is 831. The first-order chi connectivity index (χ1) is 9.65. The minimum atomic E-state index is -0.188. The molecule has 0 atom stereocenters. The van der Waals surface area contributed by atoms with Crippen LogP contribution in [0.5, 0.6) is 5.75 Å². The molecule has 0 unspecified atom stereocenters. The number of ether oxygens (including phenoxy) is 1. The van der Waals surface area contributed by atoms with Gasteiger partial charge >= 0.3 is 0 Å². The molecule has 0 aliphatic rings. The van der Waals surface area contributed by atoms with Gasteiger partial charge in [-0.15, -0.1) is 11.3 Å². The number of thiophene rings is 1. The molecule has 2 heterocycles. The van der Waals surface area contributed by atoms with E-state index in [1.807, 2.05) is 0 Å². The predicted molar refractivity (Wildman–Crippen MR) is 80.2 cm³/mol. The molecule has 0 radical (unpaired) electrons. The fraction of sp³-hybridized carbons (Fsp3) is 0.0769. The van der Waals surface area contributed by atoms with E-state index in [2.05, 4.69) is 10.3 Å².